The second-order valence-corrected chi connectivity index (χ2v) is 5.06. The fourth-order valence-electron chi connectivity index (χ4n) is 2.16. The van der Waals surface area contributed by atoms with Gasteiger partial charge in [0.2, 0.25) is 11.8 Å². The first-order valence-electron chi connectivity index (χ1n) is 7.45. The summed E-state index contributed by atoms with van der Waals surface area (Å²) < 4.78 is 5.30. The molecule has 0 radical (unpaired) electrons. The molecule has 1 rings (SSSR count). The van der Waals surface area contributed by atoms with E-state index in [1.54, 1.807) is 11.8 Å². The Kier molecular flexibility index (Phi) is 8.22. The zero-order valence-electron chi connectivity index (χ0n) is 12.7. The first-order valence-corrected chi connectivity index (χ1v) is 7.45. The van der Waals surface area contributed by atoms with Crippen LogP contribution in [0.2, 0.25) is 0 Å². The van der Waals surface area contributed by atoms with Gasteiger partial charge in [0.1, 0.15) is 0 Å². The van der Waals surface area contributed by atoms with Crippen LogP contribution < -0.4 is 5.32 Å². The molecule has 20 heavy (non-hydrogen) atoms. The number of carbonyl (C=O) groups is 2. The number of amides is 2. The van der Waals surface area contributed by atoms with Gasteiger partial charge in [0.25, 0.3) is 0 Å². The summed E-state index contributed by atoms with van der Waals surface area (Å²) in [6.45, 7) is 9.64. The Bertz CT molecular complexity index is 304. The highest BCUT2D eigenvalue weighted by atomic mass is 16.5. The van der Waals surface area contributed by atoms with Gasteiger partial charge in [-0.05, 0) is 6.42 Å². The normalized spacial score (nSPS) is 15.9. The quantitative estimate of drug-likeness (QED) is 0.686. The predicted molar refractivity (Wildman–Crippen MR) is 77.4 cm³/mol. The van der Waals surface area contributed by atoms with Gasteiger partial charge in [0.15, 0.2) is 0 Å². The van der Waals surface area contributed by atoms with Crippen molar-refractivity contribution >= 4 is 11.8 Å². The Labute approximate surface area is 121 Å². The maximum atomic E-state index is 11.6. The van der Waals surface area contributed by atoms with Gasteiger partial charge in [0.05, 0.1) is 13.2 Å². The van der Waals surface area contributed by atoms with Gasteiger partial charge in [-0.25, -0.2) is 0 Å². The summed E-state index contributed by atoms with van der Waals surface area (Å²) in [6.07, 6.45) is 1.40. The first kappa shape index (κ1) is 16.9. The maximum absolute atomic E-state index is 11.6. The molecule has 6 heteroatoms. The Hall–Kier alpha value is -1.14. The molecule has 0 aliphatic carbocycles. The maximum Gasteiger partial charge on any atom is 0.220 e. The average Bonchev–Trinajstić information content (AvgIpc) is 2.43. The van der Waals surface area contributed by atoms with Crippen molar-refractivity contribution in [1.29, 1.82) is 0 Å². The number of ether oxygens (including phenoxy) is 1. The minimum absolute atomic E-state index is 0.0583. The van der Waals surface area contributed by atoms with Gasteiger partial charge in [-0.2, -0.15) is 0 Å². The van der Waals surface area contributed by atoms with Crippen LogP contribution in [0.5, 0.6) is 0 Å². The summed E-state index contributed by atoms with van der Waals surface area (Å²) in [4.78, 5) is 27.0. The first-order chi connectivity index (χ1) is 9.63. The van der Waals surface area contributed by atoms with Gasteiger partial charge in [-0.15, -0.1) is 0 Å². The molecule has 2 amide bonds. The molecule has 116 valence electrons. The van der Waals surface area contributed by atoms with Gasteiger partial charge in [-0.3, -0.25) is 14.5 Å². The highest BCUT2D eigenvalue weighted by molar-refractivity contribution is 5.76. The van der Waals surface area contributed by atoms with Gasteiger partial charge >= 0.3 is 0 Å². The van der Waals surface area contributed by atoms with Crippen LogP contribution in [0.25, 0.3) is 0 Å². The average molecular weight is 285 g/mol. The smallest absolute Gasteiger partial charge is 0.220 e. The van der Waals surface area contributed by atoms with Crippen molar-refractivity contribution in [2.45, 2.75) is 26.7 Å². The molecule has 6 nitrogen and oxygen atoms in total. The SMILES string of the molecule is CCCC(=O)NCCN(CCN1CCOCC1)C(C)=O. The van der Waals surface area contributed by atoms with Gasteiger partial charge < -0.3 is 15.0 Å². The van der Waals surface area contributed by atoms with E-state index in [-0.39, 0.29) is 11.8 Å². The monoisotopic (exact) mass is 285 g/mol. The second kappa shape index (κ2) is 9.72. The zero-order valence-corrected chi connectivity index (χ0v) is 12.7. The van der Waals surface area contributed by atoms with E-state index in [1.807, 2.05) is 6.92 Å². The van der Waals surface area contributed by atoms with Gasteiger partial charge in [0, 0.05) is 52.6 Å². The van der Waals surface area contributed by atoms with Crippen molar-refractivity contribution in [3.63, 3.8) is 0 Å². The van der Waals surface area contributed by atoms with E-state index in [2.05, 4.69) is 10.2 Å². The third-order valence-corrected chi connectivity index (χ3v) is 3.42. The van der Waals surface area contributed by atoms with Crippen LogP contribution in [0.3, 0.4) is 0 Å². The molecule has 0 bridgehead atoms. The third-order valence-electron chi connectivity index (χ3n) is 3.42. The van der Waals surface area contributed by atoms with E-state index in [9.17, 15) is 9.59 Å². The molecule has 1 heterocycles. The molecule has 1 aliphatic heterocycles. The molecule has 0 atom stereocenters. The molecule has 1 saturated heterocycles. The molecule has 1 aliphatic rings. The second-order valence-electron chi connectivity index (χ2n) is 5.06. The fourth-order valence-corrected chi connectivity index (χ4v) is 2.16. The molecule has 1 N–H and O–H groups in total. The Morgan fingerprint density at radius 3 is 2.55 bits per heavy atom. The van der Waals surface area contributed by atoms with E-state index in [4.69, 9.17) is 4.74 Å². The van der Waals surface area contributed by atoms with Crippen LogP contribution in [0.4, 0.5) is 0 Å². The summed E-state index contributed by atoms with van der Waals surface area (Å²) in [5, 5.41) is 2.84. The summed E-state index contributed by atoms with van der Waals surface area (Å²) >= 11 is 0. The fraction of sp³-hybridized carbons (Fsp3) is 0.857. The van der Waals surface area contributed by atoms with Crippen molar-refractivity contribution in [2.24, 2.45) is 0 Å². The van der Waals surface area contributed by atoms with Crippen LogP contribution in [-0.4, -0.2) is 74.1 Å². The van der Waals surface area contributed by atoms with Crippen molar-refractivity contribution in [3.8, 4) is 0 Å². The Morgan fingerprint density at radius 2 is 1.95 bits per heavy atom. The minimum Gasteiger partial charge on any atom is -0.379 e. The molecule has 0 aromatic heterocycles. The summed E-state index contributed by atoms with van der Waals surface area (Å²) in [7, 11) is 0. The highest BCUT2D eigenvalue weighted by Crippen LogP contribution is 1.98. The number of nitrogens with one attached hydrogen (secondary N) is 1. The van der Waals surface area contributed by atoms with Crippen LogP contribution in [0, 0.1) is 0 Å². The lowest BCUT2D eigenvalue weighted by Crippen LogP contribution is -2.44. The van der Waals surface area contributed by atoms with Crippen LogP contribution in [0.15, 0.2) is 0 Å². The van der Waals surface area contributed by atoms with Gasteiger partial charge in [-0.1, -0.05) is 6.92 Å². The highest BCUT2D eigenvalue weighted by Gasteiger charge is 2.14. The lowest BCUT2D eigenvalue weighted by Gasteiger charge is -2.29. The van der Waals surface area contributed by atoms with E-state index in [0.29, 0.717) is 26.1 Å². The Morgan fingerprint density at radius 1 is 1.25 bits per heavy atom. The standard InChI is InChI=1S/C14H27N3O3/c1-3-4-14(19)15-5-6-17(13(2)18)8-7-16-9-11-20-12-10-16/h3-12H2,1-2H3,(H,15,19). The summed E-state index contributed by atoms with van der Waals surface area (Å²) in [5.41, 5.74) is 0. The van der Waals surface area contributed by atoms with Crippen LogP contribution in [0.1, 0.15) is 26.7 Å². The molecule has 0 aromatic carbocycles. The number of nitrogens with zero attached hydrogens (tertiary/aromatic N) is 2. The summed E-state index contributed by atoms with van der Waals surface area (Å²) in [5.74, 6) is 0.118. The number of hydrogen-bond acceptors (Lipinski definition) is 4. The lowest BCUT2D eigenvalue weighted by atomic mass is 10.3. The predicted octanol–water partition coefficient (Wildman–Crippen LogP) is 0.0834. The molecular formula is C14H27N3O3. The molecule has 0 aromatic rings. The molecule has 0 unspecified atom stereocenters. The third kappa shape index (κ3) is 6.86. The van der Waals surface area contributed by atoms with E-state index >= 15 is 0 Å². The lowest BCUT2D eigenvalue weighted by molar-refractivity contribution is -0.129. The van der Waals surface area contributed by atoms with E-state index in [0.717, 1.165) is 39.3 Å². The van der Waals surface area contributed by atoms with Crippen molar-refractivity contribution in [1.82, 2.24) is 15.1 Å². The topological polar surface area (TPSA) is 61.9 Å². The minimum atomic E-state index is 0.0583. The molecular weight excluding hydrogens is 258 g/mol. The number of morpholine rings is 1. The van der Waals surface area contributed by atoms with Crippen molar-refractivity contribution in [2.75, 3.05) is 52.5 Å². The van der Waals surface area contributed by atoms with E-state index < -0.39 is 0 Å². The molecule has 0 saturated carbocycles. The molecule has 1 fully saturated rings. The van der Waals surface area contributed by atoms with Crippen molar-refractivity contribution in [3.05, 3.63) is 0 Å². The van der Waals surface area contributed by atoms with Crippen molar-refractivity contribution < 1.29 is 14.3 Å². The Balaban J connectivity index is 2.22. The van der Waals surface area contributed by atoms with Crippen LogP contribution >= 0.6 is 0 Å². The summed E-state index contributed by atoms with van der Waals surface area (Å²) in [6, 6.07) is 0. The number of rotatable bonds is 8. The van der Waals surface area contributed by atoms with Crippen LogP contribution in [-0.2, 0) is 14.3 Å². The molecule has 0 spiro atoms. The number of hydrogen-bond donors (Lipinski definition) is 1. The zero-order chi connectivity index (χ0) is 14.8. The van der Waals surface area contributed by atoms with E-state index in [1.165, 1.54) is 0 Å². The largest absolute Gasteiger partial charge is 0.379 e. The number of carbonyl (C=O) groups excluding carboxylic acids is 2.